The molecule has 3 aliphatic carbocycles. The summed E-state index contributed by atoms with van der Waals surface area (Å²) in [5, 5.41) is 2.52. The molecule has 0 bridgehead atoms. The molecule has 2 nitrogen and oxygen atoms in total. The smallest absolute Gasteiger partial charge is 0.0747 e. The molecule has 5 aliphatic rings. The van der Waals surface area contributed by atoms with Crippen LogP contribution in [-0.4, -0.2) is 0 Å². The minimum absolute atomic E-state index is 0.411. The molecule has 0 amide bonds. The first kappa shape index (κ1) is 38.3. The van der Waals surface area contributed by atoms with Crippen LogP contribution in [0.5, 0.6) is 0 Å². The fraction of sp³-hybridized carbons (Fsp3) is 0.0625. The third-order valence-electron chi connectivity index (χ3n) is 14.4. The quantitative estimate of drug-likeness (QED) is 0.111. The number of hydrogen-bond donors (Lipinski definition) is 0. The molecule has 312 valence electrons. The molecule has 0 fully saturated rings. The molecule has 8 aromatic carbocycles. The summed E-state index contributed by atoms with van der Waals surface area (Å²) in [4.78, 5) is 5.22. The first-order valence-corrected chi connectivity index (χ1v) is 23.2. The highest BCUT2D eigenvalue weighted by Gasteiger charge is 2.60. The van der Waals surface area contributed by atoms with E-state index in [1.165, 1.54) is 101 Å². The van der Waals surface area contributed by atoms with E-state index in [1.807, 2.05) is 0 Å². The molecule has 2 heterocycles. The Morgan fingerprint density at radius 3 is 1.39 bits per heavy atom. The Bertz CT molecular complexity index is 3420. The molecule has 0 aromatic heterocycles. The topological polar surface area (TPSA) is 6.48 Å². The van der Waals surface area contributed by atoms with E-state index in [-0.39, 0.29) is 0 Å². The van der Waals surface area contributed by atoms with Gasteiger partial charge in [0.2, 0.25) is 0 Å². The summed E-state index contributed by atoms with van der Waals surface area (Å²) >= 11 is 0. The van der Waals surface area contributed by atoms with Gasteiger partial charge in [-0.05, 0) is 93.3 Å². The maximum Gasteiger partial charge on any atom is 0.0747 e. The lowest BCUT2D eigenvalue weighted by atomic mass is 9.60. The Hall–Kier alpha value is -8.20. The average molecular weight is 843 g/mol. The number of nitrogens with zero attached hydrogens (tertiary/aromatic N) is 2. The Labute approximate surface area is 387 Å². The first-order valence-electron chi connectivity index (χ1n) is 23.2. The van der Waals surface area contributed by atoms with Gasteiger partial charge in [-0.1, -0.05) is 225 Å². The average Bonchev–Trinajstić information content (AvgIpc) is 3.87. The molecule has 2 aliphatic heterocycles. The SMILES string of the molecule is C1=CC23CC(c4ccccc4)=CC=C2N(c2ccc(/C=C/c4ccccc4)cc2)c2c3c3c(c4ccccc24)N(c2ccc(/C=C/c4ccccc4)cc2)C2=CCC(c4ccccc4)=CC123. The van der Waals surface area contributed by atoms with Crippen LogP contribution in [0.4, 0.5) is 22.7 Å². The van der Waals surface area contributed by atoms with Crippen molar-refractivity contribution in [2.45, 2.75) is 23.7 Å². The zero-order valence-electron chi connectivity index (χ0n) is 36.6. The van der Waals surface area contributed by atoms with Crippen LogP contribution in [0.3, 0.4) is 0 Å². The van der Waals surface area contributed by atoms with Crippen molar-refractivity contribution >= 4 is 69.0 Å². The summed E-state index contributed by atoms with van der Waals surface area (Å²) in [5.74, 6) is 0. The Morgan fingerprint density at radius 2 is 0.848 bits per heavy atom. The second-order valence-electron chi connectivity index (χ2n) is 18.1. The predicted molar refractivity (Wildman–Crippen MR) is 279 cm³/mol. The van der Waals surface area contributed by atoms with E-state index >= 15 is 0 Å². The number of anilines is 4. The van der Waals surface area contributed by atoms with Crippen LogP contribution in [0, 0.1) is 0 Å². The zero-order valence-corrected chi connectivity index (χ0v) is 36.6. The van der Waals surface area contributed by atoms with Gasteiger partial charge < -0.3 is 9.80 Å². The molecule has 2 atom stereocenters. The predicted octanol–water partition coefficient (Wildman–Crippen LogP) is 16.3. The van der Waals surface area contributed by atoms with Crippen molar-refractivity contribution in [2.24, 2.45) is 0 Å². The standard InChI is InChI=1S/C64H46N2/c1-5-15-45(16-6-1)25-27-47-29-35-53(36-30-47)65-57-39-33-51(49-19-9-3-10-20-49)43-63(57)41-42-64-44-52(50-21-11-4-12-22-50)34-40-58(64)66(62-56-24-14-13-23-55(56)61(65)59(63)60(62)64)54-37-31-48(32-38-54)28-26-46-17-7-2-8-18-46/h1-33,35-42,44H,34,43H2/b27-25+,28-26+. The number of fused-ring (bicyclic) bond motifs is 3. The van der Waals surface area contributed by atoms with Crippen molar-refractivity contribution in [1.82, 2.24) is 0 Å². The van der Waals surface area contributed by atoms with Gasteiger partial charge in [0.25, 0.3) is 0 Å². The molecule has 66 heavy (non-hydrogen) atoms. The van der Waals surface area contributed by atoms with Crippen molar-refractivity contribution < 1.29 is 0 Å². The fourth-order valence-corrected chi connectivity index (χ4v) is 11.4. The van der Waals surface area contributed by atoms with Gasteiger partial charge in [-0.15, -0.1) is 0 Å². The van der Waals surface area contributed by atoms with Gasteiger partial charge >= 0.3 is 0 Å². The molecule has 0 radical (unpaired) electrons. The van der Waals surface area contributed by atoms with Gasteiger partial charge in [0.15, 0.2) is 0 Å². The van der Waals surface area contributed by atoms with Crippen LogP contribution in [0.2, 0.25) is 0 Å². The third kappa shape index (κ3) is 5.95. The lowest BCUT2D eigenvalue weighted by molar-refractivity contribution is 0.612. The molecule has 2 heteroatoms. The van der Waals surface area contributed by atoms with E-state index in [2.05, 4.69) is 265 Å². The van der Waals surface area contributed by atoms with E-state index in [9.17, 15) is 0 Å². The van der Waals surface area contributed by atoms with Crippen LogP contribution in [0.1, 0.15) is 57.3 Å². The summed E-state index contributed by atoms with van der Waals surface area (Å²) in [6.07, 6.45) is 25.7. The monoisotopic (exact) mass is 842 g/mol. The lowest BCUT2D eigenvalue weighted by Crippen LogP contribution is -2.37. The number of rotatable bonds is 8. The summed E-state index contributed by atoms with van der Waals surface area (Å²) in [7, 11) is 0. The maximum atomic E-state index is 2.61. The van der Waals surface area contributed by atoms with Gasteiger partial charge in [0, 0.05) is 39.1 Å². The Balaban J connectivity index is 1.05. The van der Waals surface area contributed by atoms with Crippen LogP contribution < -0.4 is 9.80 Å². The second-order valence-corrected chi connectivity index (χ2v) is 18.1. The van der Waals surface area contributed by atoms with E-state index < -0.39 is 10.8 Å². The van der Waals surface area contributed by atoms with Gasteiger partial charge in [-0.25, -0.2) is 0 Å². The van der Waals surface area contributed by atoms with Gasteiger partial charge in [0.05, 0.1) is 22.2 Å². The zero-order chi connectivity index (χ0) is 43.7. The highest BCUT2D eigenvalue weighted by atomic mass is 15.2. The Kier molecular flexibility index (Phi) is 8.83. The summed E-state index contributed by atoms with van der Waals surface area (Å²) in [6.45, 7) is 0. The lowest BCUT2D eigenvalue weighted by Gasteiger charge is -2.42. The molecule has 2 spiro atoms. The van der Waals surface area contributed by atoms with Crippen molar-refractivity contribution in [3.05, 3.63) is 286 Å². The van der Waals surface area contributed by atoms with Crippen molar-refractivity contribution in [1.29, 1.82) is 0 Å². The number of allylic oxidation sites excluding steroid dienone is 7. The van der Waals surface area contributed by atoms with Gasteiger partial charge in [-0.3, -0.25) is 0 Å². The van der Waals surface area contributed by atoms with E-state index in [0.717, 1.165) is 12.8 Å². The number of benzene rings is 8. The van der Waals surface area contributed by atoms with Crippen LogP contribution in [0.15, 0.2) is 242 Å². The highest BCUT2D eigenvalue weighted by Crippen LogP contribution is 2.70. The van der Waals surface area contributed by atoms with Crippen LogP contribution in [-0.2, 0) is 10.8 Å². The largest absolute Gasteiger partial charge is 0.312 e. The first-order chi connectivity index (χ1) is 32.7. The normalized spacial score (nSPS) is 19.9. The maximum absolute atomic E-state index is 2.61. The van der Waals surface area contributed by atoms with Crippen molar-refractivity contribution in [3.63, 3.8) is 0 Å². The molecule has 0 N–H and O–H groups in total. The second kappa shape index (κ2) is 15.2. The molecule has 13 rings (SSSR count). The molecule has 8 aromatic rings. The molecule has 0 saturated heterocycles. The summed E-state index contributed by atoms with van der Waals surface area (Å²) in [6, 6.07) is 70.7. The minimum atomic E-state index is -0.495. The summed E-state index contributed by atoms with van der Waals surface area (Å²) < 4.78 is 0. The molecular formula is C64H46N2. The van der Waals surface area contributed by atoms with E-state index in [0.29, 0.717) is 0 Å². The summed E-state index contributed by atoms with van der Waals surface area (Å²) in [5.41, 5.74) is 19.4. The number of hydrogen-bond acceptors (Lipinski definition) is 2. The molecule has 2 unspecified atom stereocenters. The van der Waals surface area contributed by atoms with Crippen molar-refractivity contribution in [2.75, 3.05) is 9.80 Å². The van der Waals surface area contributed by atoms with Crippen molar-refractivity contribution in [3.8, 4) is 0 Å². The van der Waals surface area contributed by atoms with Gasteiger partial charge in [0.1, 0.15) is 0 Å². The van der Waals surface area contributed by atoms with E-state index in [4.69, 9.17) is 0 Å². The third-order valence-corrected chi connectivity index (χ3v) is 14.4. The van der Waals surface area contributed by atoms with E-state index in [1.54, 1.807) is 0 Å². The van der Waals surface area contributed by atoms with Crippen LogP contribution >= 0.6 is 0 Å². The highest BCUT2D eigenvalue weighted by molar-refractivity contribution is 6.15. The Morgan fingerprint density at radius 1 is 0.394 bits per heavy atom. The minimum Gasteiger partial charge on any atom is -0.312 e. The molecule has 0 saturated carbocycles. The van der Waals surface area contributed by atoms with Gasteiger partial charge in [-0.2, -0.15) is 0 Å². The van der Waals surface area contributed by atoms with Crippen LogP contribution in [0.25, 0.3) is 46.2 Å². The fourth-order valence-electron chi connectivity index (χ4n) is 11.4. The molecular weight excluding hydrogens is 797 g/mol.